The molecule has 3 aromatic heterocycles. The van der Waals surface area contributed by atoms with Gasteiger partial charge in [-0.3, -0.25) is 0 Å². The van der Waals surface area contributed by atoms with Crippen LogP contribution in [0.1, 0.15) is 0 Å². The van der Waals surface area contributed by atoms with Crippen LogP contribution in [0.25, 0.3) is 87.0 Å². The molecule has 0 spiro atoms. The highest BCUT2D eigenvalue weighted by Crippen LogP contribution is 2.46. The zero-order valence-electron chi connectivity index (χ0n) is 24.2. The number of thiophene rings is 1. The Morgan fingerprint density at radius 3 is 1.80 bits per heavy atom. The predicted molar refractivity (Wildman–Crippen MR) is 189 cm³/mol. The fraction of sp³-hybridized carbons (Fsp3) is 0. The van der Waals surface area contributed by atoms with Crippen molar-refractivity contribution in [3.63, 3.8) is 0 Å². The SMILES string of the molecule is c1ccc(-c2cc(-c3ccccc3)nc(-c3cccc4nc(-c5cccc6ccccc56)c5c6ccccc6sc5c34)n2)cc1. The lowest BCUT2D eigenvalue weighted by atomic mass is 9.96. The van der Waals surface area contributed by atoms with Gasteiger partial charge in [0, 0.05) is 47.8 Å². The summed E-state index contributed by atoms with van der Waals surface area (Å²) in [6.45, 7) is 0. The Morgan fingerprint density at radius 1 is 0.444 bits per heavy atom. The zero-order chi connectivity index (χ0) is 29.7. The number of pyridine rings is 1. The molecule has 0 aliphatic carbocycles. The zero-order valence-corrected chi connectivity index (χ0v) is 25.0. The van der Waals surface area contributed by atoms with Crippen molar-refractivity contribution in [1.29, 1.82) is 0 Å². The van der Waals surface area contributed by atoms with E-state index in [0.717, 1.165) is 50.2 Å². The van der Waals surface area contributed by atoms with E-state index in [1.807, 2.05) is 23.5 Å². The molecule has 6 aromatic carbocycles. The van der Waals surface area contributed by atoms with Crippen molar-refractivity contribution in [3.8, 4) is 45.2 Å². The number of benzene rings is 6. The van der Waals surface area contributed by atoms with Crippen LogP contribution in [0.5, 0.6) is 0 Å². The molecule has 0 unspecified atom stereocenters. The third-order valence-corrected chi connectivity index (χ3v) is 9.67. The Labute approximate surface area is 264 Å². The molecular weight excluding hydrogens is 567 g/mol. The van der Waals surface area contributed by atoms with E-state index in [-0.39, 0.29) is 0 Å². The molecule has 45 heavy (non-hydrogen) atoms. The van der Waals surface area contributed by atoms with Gasteiger partial charge in [-0.15, -0.1) is 11.3 Å². The summed E-state index contributed by atoms with van der Waals surface area (Å²) in [4.78, 5) is 15.8. The first-order valence-electron chi connectivity index (χ1n) is 15.0. The second kappa shape index (κ2) is 10.5. The molecule has 9 aromatic rings. The van der Waals surface area contributed by atoms with Crippen LogP contribution >= 0.6 is 11.3 Å². The van der Waals surface area contributed by atoms with E-state index in [1.165, 1.54) is 30.9 Å². The Hall–Kier alpha value is -5.71. The molecule has 0 saturated heterocycles. The molecule has 3 heterocycles. The second-order valence-corrected chi connectivity index (χ2v) is 12.2. The highest BCUT2D eigenvalue weighted by molar-refractivity contribution is 7.26. The second-order valence-electron chi connectivity index (χ2n) is 11.2. The van der Waals surface area contributed by atoms with Gasteiger partial charge in [0.15, 0.2) is 5.82 Å². The van der Waals surface area contributed by atoms with Gasteiger partial charge < -0.3 is 0 Å². The van der Waals surface area contributed by atoms with Gasteiger partial charge >= 0.3 is 0 Å². The van der Waals surface area contributed by atoms with Crippen molar-refractivity contribution in [2.75, 3.05) is 0 Å². The molecule has 210 valence electrons. The molecule has 0 aliphatic heterocycles. The summed E-state index contributed by atoms with van der Waals surface area (Å²) >= 11 is 1.82. The lowest BCUT2D eigenvalue weighted by Gasteiger charge is -2.14. The molecule has 9 rings (SSSR count). The van der Waals surface area contributed by atoms with E-state index in [9.17, 15) is 0 Å². The summed E-state index contributed by atoms with van der Waals surface area (Å²) in [5.74, 6) is 0.694. The van der Waals surface area contributed by atoms with Crippen molar-refractivity contribution < 1.29 is 0 Å². The number of rotatable bonds is 4. The Balaban J connectivity index is 1.38. The largest absolute Gasteiger partial charge is 0.247 e. The number of hydrogen-bond donors (Lipinski definition) is 0. The lowest BCUT2D eigenvalue weighted by molar-refractivity contribution is 1.19. The topological polar surface area (TPSA) is 38.7 Å². The maximum Gasteiger partial charge on any atom is 0.161 e. The molecule has 0 radical (unpaired) electrons. The maximum atomic E-state index is 5.44. The van der Waals surface area contributed by atoms with Crippen molar-refractivity contribution >= 4 is 53.2 Å². The average molecular weight is 592 g/mol. The Kier molecular flexibility index (Phi) is 6.00. The summed E-state index contributed by atoms with van der Waals surface area (Å²) in [5, 5.41) is 5.88. The first-order valence-corrected chi connectivity index (χ1v) is 15.9. The summed E-state index contributed by atoms with van der Waals surface area (Å²) < 4.78 is 2.44. The fourth-order valence-electron chi connectivity index (χ4n) is 6.40. The standard InChI is InChI=1S/C41H25N3S/c1-3-14-27(15-4-1)34-25-35(28-16-5-2-6-17-28)44-41(43-34)32-22-12-23-33-37(32)40-38(31-20-9-10-24-36(31)45-40)39(42-33)30-21-11-18-26-13-7-8-19-29(26)30/h1-25H. The molecule has 4 heteroatoms. The highest BCUT2D eigenvalue weighted by atomic mass is 32.1. The van der Waals surface area contributed by atoms with Crippen LogP contribution in [0.2, 0.25) is 0 Å². The number of fused-ring (bicyclic) bond motifs is 6. The van der Waals surface area contributed by atoms with E-state index in [0.29, 0.717) is 5.82 Å². The van der Waals surface area contributed by atoms with Gasteiger partial charge in [0.1, 0.15) is 0 Å². The third kappa shape index (κ3) is 4.30. The summed E-state index contributed by atoms with van der Waals surface area (Å²) in [6.07, 6.45) is 0. The fourth-order valence-corrected chi connectivity index (χ4v) is 7.67. The van der Waals surface area contributed by atoms with Crippen LogP contribution < -0.4 is 0 Å². The minimum Gasteiger partial charge on any atom is -0.247 e. The lowest BCUT2D eigenvalue weighted by Crippen LogP contribution is -1.97. The van der Waals surface area contributed by atoms with E-state index in [2.05, 4.69) is 140 Å². The smallest absolute Gasteiger partial charge is 0.161 e. The average Bonchev–Trinajstić information content (AvgIpc) is 3.51. The first-order chi connectivity index (χ1) is 22.3. The van der Waals surface area contributed by atoms with Crippen molar-refractivity contribution in [2.24, 2.45) is 0 Å². The number of aromatic nitrogens is 3. The van der Waals surface area contributed by atoms with Gasteiger partial charge in [0.2, 0.25) is 0 Å². The van der Waals surface area contributed by atoms with Crippen molar-refractivity contribution in [1.82, 2.24) is 15.0 Å². The normalized spacial score (nSPS) is 11.6. The predicted octanol–water partition coefficient (Wildman–Crippen LogP) is 11.2. The molecule has 0 aliphatic rings. The summed E-state index contributed by atoms with van der Waals surface area (Å²) in [5.41, 5.74) is 7.97. The molecular formula is C41H25N3S. The molecule has 0 fully saturated rings. The maximum absolute atomic E-state index is 5.44. The van der Waals surface area contributed by atoms with Crippen LogP contribution in [0, 0.1) is 0 Å². The molecule has 3 nitrogen and oxygen atoms in total. The summed E-state index contributed by atoms with van der Waals surface area (Å²) in [7, 11) is 0. The minimum atomic E-state index is 0.694. The van der Waals surface area contributed by atoms with Crippen LogP contribution in [0.3, 0.4) is 0 Å². The minimum absolute atomic E-state index is 0.694. The van der Waals surface area contributed by atoms with Crippen molar-refractivity contribution in [3.05, 3.63) is 152 Å². The van der Waals surface area contributed by atoms with Gasteiger partial charge in [-0.2, -0.15) is 0 Å². The van der Waals surface area contributed by atoms with Crippen LogP contribution in [-0.2, 0) is 0 Å². The molecule has 0 bridgehead atoms. The molecule has 0 saturated carbocycles. The van der Waals surface area contributed by atoms with E-state index >= 15 is 0 Å². The van der Waals surface area contributed by atoms with Crippen molar-refractivity contribution in [2.45, 2.75) is 0 Å². The number of hydrogen-bond acceptors (Lipinski definition) is 4. The number of nitrogens with zero attached hydrogens (tertiary/aromatic N) is 3. The van der Waals surface area contributed by atoms with E-state index < -0.39 is 0 Å². The van der Waals surface area contributed by atoms with Crippen LogP contribution in [0.15, 0.2) is 152 Å². The van der Waals surface area contributed by atoms with Gasteiger partial charge in [-0.05, 0) is 29.0 Å². The quantitative estimate of drug-likeness (QED) is 0.204. The first kappa shape index (κ1) is 25.8. The Morgan fingerprint density at radius 2 is 1.04 bits per heavy atom. The monoisotopic (exact) mass is 591 g/mol. The third-order valence-electron chi connectivity index (χ3n) is 8.48. The highest BCUT2D eigenvalue weighted by Gasteiger charge is 2.21. The molecule has 0 amide bonds. The summed E-state index contributed by atoms with van der Waals surface area (Å²) in [6, 6.07) is 52.9. The molecule has 0 atom stereocenters. The molecule has 0 N–H and O–H groups in total. The van der Waals surface area contributed by atoms with Crippen LogP contribution in [-0.4, -0.2) is 15.0 Å². The van der Waals surface area contributed by atoms with Gasteiger partial charge in [0.25, 0.3) is 0 Å². The van der Waals surface area contributed by atoms with Gasteiger partial charge in [-0.1, -0.05) is 133 Å². The van der Waals surface area contributed by atoms with Gasteiger partial charge in [0.05, 0.1) is 22.6 Å². The van der Waals surface area contributed by atoms with E-state index in [4.69, 9.17) is 15.0 Å². The van der Waals surface area contributed by atoms with Gasteiger partial charge in [-0.25, -0.2) is 15.0 Å². The Bertz CT molecular complexity index is 2470. The van der Waals surface area contributed by atoms with E-state index in [1.54, 1.807) is 0 Å². The van der Waals surface area contributed by atoms with Crippen LogP contribution in [0.4, 0.5) is 0 Å².